The highest BCUT2D eigenvalue weighted by Crippen LogP contribution is 2.41. The van der Waals surface area contributed by atoms with Gasteiger partial charge in [0, 0.05) is 6.07 Å². The molecule has 158 valence electrons. The van der Waals surface area contributed by atoms with Crippen molar-refractivity contribution in [2.75, 3.05) is 21.3 Å². The van der Waals surface area contributed by atoms with Crippen molar-refractivity contribution in [2.24, 2.45) is 0 Å². The van der Waals surface area contributed by atoms with E-state index in [4.69, 9.17) is 35.3 Å². The lowest BCUT2D eigenvalue weighted by Crippen LogP contribution is -2.17. The van der Waals surface area contributed by atoms with E-state index in [-0.39, 0.29) is 17.3 Å². The van der Waals surface area contributed by atoms with Crippen molar-refractivity contribution in [3.63, 3.8) is 0 Å². The highest BCUT2D eigenvalue weighted by molar-refractivity contribution is 6.29. The van der Waals surface area contributed by atoms with Gasteiger partial charge in [0.1, 0.15) is 16.9 Å². The zero-order chi connectivity index (χ0) is 22.0. The second-order valence-corrected chi connectivity index (χ2v) is 7.20. The molecule has 2 aromatic carbocycles. The molecule has 0 aliphatic carbocycles. The Hall–Kier alpha value is -3.19. The van der Waals surface area contributed by atoms with Gasteiger partial charge in [-0.05, 0) is 49.2 Å². The number of esters is 1. The van der Waals surface area contributed by atoms with E-state index in [2.05, 4.69) is 0 Å². The molecule has 0 amide bonds. The van der Waals surface area contributed by atoms with Crippen LogP contribution in [0.1, 0.15) is 28.4 Å². The molecule has 0 saturated carbocycles. The van der Waals surface area contributed by atoms with Crippen LogP contribution in [-0.2, 0) is 4.79 Å². The first-order valence-electron chi connectivity index (χ1n) is 9.03. The van der Waals surface area contributed by atoms with Crippen LogP contribution in [0.25, 0.3) is 6.08 Å². The Morgan fingerprint density at radius 3 is 2.23 bits per heavy atom. The largest absolute Gasteiger partial charge is 0.493 e. The zero-order valence-corrected chi connectivity index (χ0v) is 18.0. The molecule has 0 radical (unpaired) electrons. The third-order valence-corrected chi connectivity index (χ3v) is 4.65. The van der Waals surface area contributed by atoms with Gasteiger partial charge in [-0.1, -0.05) is 0 Å². The second-order valence-electron chi connectivity index (χ2n) is 6.55. The van der Waals surface area contributed by atoms with Gasteiger partial charge < -0.3 is 23.7 Å². The number of rotatable bonds is 6. The van der Waals surface area contributed by atoms with Crippen molar-refractivity contribution < 1.29 is 33.3 Å². The first-order valence-corrected chi connectivity index (χ1v) is 9.47. The molecule has 0 fully saturated rings. The van der Waals surface area contributed by atoms with E-state index < -0.39 is 11.3 Å². The van der Waals surface area contributed by atoms with E-state index in [1.54, 1.807) is 31.2 Å². The van der Waals surface area contributed by atoms with Crippen LogP contribution in [0.2, 0.25) is 0 Å². The molecule has 1 aliphatic rings. The van der Waals surface area contributed by atoms with Crippen molar-refractivity contribution in [3.8, 4) is 28.7 Å². The number of hydrogen-bond donors (Lipinski definition) is 0. The number of methoxy groups -OCH3 is 3. The van der Waals surface area contributed by atoms with Crippen molar-refractivity contribution in [3.05, 3.63) is 46.7 Å². The molecule has 0 aromatic heterocycles. The number of halogens is 1. The number of benzene rings is 2. The molecular weight excluding hydrogens is 412 g/mol. The predicted molar refractivity (Wildman–Crippen MR) is 111 cm³/mol. The Labute approximate surface area is 179 Å². The third kappa shape index (κ3) is 4.07. The summed E-state index contributed by atoms with van der Waals surface area (Å²) < 4.78 is 27.0. The molecule has 8 heteroatoms. The first-order chi connectivity index (χ1) is 14.3. The Morgan fingerprint density at radius 1 is 1.07 bits per heavy atom. The molecule has 0 bridgehead atoms. The topological polar surface area (TPSA) is 80.3 Å². The van der Waals surface area contributed by atoms with Crippen molar-refractivity contribution >= 4 is 29.4 Å². The number of aryl methyl sites for hydroxylation is 1. The maximum absolute atomic E-state index is 12.9. The van der Waals surface area contributed by atoms with Crippen LogP contribution in [-0.4, -0.2) is 38.5 Å². The van der Waals surface area contributed by atoms with Gasteiger partial charge in [0.25, 0.3) is 0 Å². The summed E-state index contributed by atoms with van der Waals surface area (Å²) in [5.74, 6) is 1.17. The lowest BCUT2D eigenvalue weighted by Gasteiger charge is -2.13. The monoisotopic (exact) mass is 432 g/mol. The summed E-state index contributed by atoms with van der Waals surface area (Å²) in [5, 5.41) is -0.795. The summed E-state index contributed by atoms with van der Waals surface area (Å²) in [6.45, 7) is 3.26. The number of hydrogen-bond acceptors (Lipinski definition) is 7. The molecule has 2 aromatic rings. The van der Waals surface area contributed by atoms with Gasteiger partial charge in [-0.2, -0.15) is 0 Å². The predicted octanol–water partition coefficient (Wildman–Crippen LogP) is 4.17. The van der Waals surface area contributed by atoms with Crippen molar-refractivity contribution in [1.82, 2.24) is 0 Å². The van der Waals surface area contributed by atoms with Gasteiger partial charge in [-0.3, -0.25) is 9.59 Å². The summed E-state index contributed by atoms with van der Waals surface area (Å²) in [6.07, 6.45) is 1.58. The van der Waals surface area contributed by atoms with E-state index in [0.717, 1.165) is 0 Å². The summed E-state index contributed by atoms with van der Waals surface area (Å²) in [6, 6.07) is 6.50. The SMILES string of the molecule is COc1cc(/C=C2\Oc3cc(OC(=O)C(C)Cl)cc(C)c3C2=O)cc(OC)c1OC. The molecular formula is C22H21ClO7. The normalized spacial score (nSPS) is 14.7. The summed E-state index contributed by atoms with van der Waals surface area (Å²) in [4.78, 5) is 24.6. The van der Waals surface area contributed by atoms with E-state index in [9.17, 15) is 9.59 Å². The fourth-order valence-corrected chi connectivity index (χ4v) is 3.11. The fraction of sp³-hybridized carbons (Fsp3) is 0.273. The quantitative estimate of drug-likeness (QED) is 0.293. The maximum atomic E-state index is 12.9. The standard InChI is InChI=1S/C22H21ClO7/c1-11-6-14(29-22(25)12(2)23)10-15-19(11)20(24)16(30-15)7-13-8-17(26-3)21(28-5)18(9-13)27-4/h6-10,12H,1-5H3/b16-7-. The Balaban J connectivity index is 1.97. The van der Waals surface area contributed by atoms with Gasteiger partial charge in [0.05, 0.1) is 26.9 Å². The van der Waals surface area contributed by atoms with Crippen LogP contribution in [0.3, 0.4) is 0 Å². The van der Waals surface area contributed by atoms with Gasteiger partial charge in [-0.15, -0.1) is 11.6 Å². The average molecular weight is 433 g/mol. The second kappa shape index (κ2) is 8.67. The van der Waals surface area contributed by atoms with E-state index in [1.165, 1.54) is 34.3 Å². The molecule has 3 rings (SSSR count). The van der Waals surface area contributed by atoms with Crippen LogP contribution in [0, 0.1) is 6.92 Å². The van der Waals surface area contributed by atoms with Crippen LogP contribution < -0.4 is 23.7 Å². The minimum atomic E-state index is -0.795. The number of fused-ring (bicyclic) bond motifs is 1. The van der Waals surface area contributed by atoms with Gasteiger partial charge in [0.15, 0.2) is 17.3 Å². The lowest BCUT2D eigenvalue weighted by molar-refractivity contribution is -0.133. The molecule has 0 saturated heterocycles. The van der Waals surface area contributed by atoms with Crippen molar-refractivity contribution in [1.29, 1.82) is 0 Å². The number of alkyl halides is 1. The first kappa shape index (κ1) is 21.5. The number of carbonyl (C=O) groups is 2. The molecule has 30 heavy (non-hydrogen) atoms. The molecule has 1 atom stereocenters. The molecule has 1 unspecified atom stereocenters. The Morgan fingerprint density at radius 2 is 1.70 bits per heavy atom. The highest BCUT2D eigenvalue weighted by atomic mass is 35.5. The average Bonchev–Trinajstić information content (AvgIpc) is 3.02. The van der Waals surface area contributed by atoms with Crippen LogP contribution in [0.4, 0.5) is 0 Å². The zero-order valence-electron chi connectivity index (χ0n) is 17.2. The van der Waals surface area contributed by atoms with Gasteiger partial charge in [0.2, 0.25) is 11.5 Å². The van der Waals surface area contributed by atoms with E-state index in [1.807, 2.05) is 0 Å². The molecule has 1 aliphatic heterocycles. The third-order valence-electron chi connectivity index (χ3n) is 4.47. The minimum Gasteiger partial charge on any atom is -0.493 e. The number of carbonyl (C=O) groups excluding carboxylic acids is 2. The molecule has 7 nitrogen and oxygen atoms in total. The maximum Gasteiger partial charge on any atom is 0.329 e. The smallest absolute Gasteiger partial charge is 0.329 e. The minimum absolute atomic E-state index is 0.122. The van der Waals surface area contributed by atoms with Crippen LogP contribution >= 0.6 is 11.6 Å². The number of ether oxygens (including phenoxy) is 5. The summed E-state index contributed by atoms with van der Waals surface area (Å²) in [7, 11) is 4.53. The summed E-state index contributed by atoms with van der Waals surface area (Å²) in [5.41, 5.74) is 1.66. The molecule has 0 spiro atoms. The Bertz CT molecular complexity index is 1020. The van der Waals surface area contributed by atoms with E-state index >= 15 is 0 Å². The molecule has 1 heterocycles. The highest BCUT2D eigenvalue weighted by Gasteiger charge is 2.30. The number of ketones is 1. The van der Waals surface area contributed by atoms with Crippen molar-refractivity contribution in [2.45, 2.75) is 19.2 Å². The number of Topliss-reactive ketones (excluding diaryl/α,β-unsaturated/α-hetero) is 1. The Kier molecular flexibility index (Phi) is 6.22. The fourth-order valence-electron chi connectivity index (χ4n) is 3.07. The van der Waals surface area contributed by atoms with Gasteiger partial charge >= 0.3 is 5.97 Å². The van der Waals surface area contributed by atoms with Crippen LogP contribution in [0.5, 0.6) is 28.7 Å². The van der Waals surface area contributed by atoms with Gasteiger partial charge in [-0.25, -0.2) is 0 Å². The molecule has 0 N–H and O–H groups in total. The number of allylic oxidation sites excluding steroid dienone is 1. The lowest BCUT2D eigenvalue weighted by atomic mass is 10.0. The van der Waals surface area contributed by atoms with E-state index in [0.29, 0.717) is 39.7 Å². The summed E-state index contributed by atoms with van der Waals surface area (Å²) >= 11 is 5.74. The van der Waals surface area contributed by atoms with Crippen LogP contribution in [0.15, 0.2) is 30.0 Å².